The summed E-state index contributed by atoms with van der Waals surface area (Å²) in [4.78, 5) is 4.12. The van der Waals surface area contributed by atoms with Gasteiger partial charge in [-0.3, -0.25) is 0 Å². The Kier molecular flexibility index (Phi) is 4.51. The average Bonchev–Trinajstić information content (AvgIpc) is 3.29. The van der Waals surface area contributed by atoms with Crippen molar-refractivity contribution in [3.05, 3.63) is 23.6 Å². The van der Waals surface area contributed by atoms with Crippen LogP contribution in [0.1, 0.15) is 50.5 Å². The average molecular weight is 278 g/mol. The summed E-state index contributed by atoms with van der Waals surface area (Å²) in [5, 5.41) is 3.39. The van der Waals surface area contributed by atoms with Crippen molar-refractivity contribution in [2.24, 2.45) is 5.92 Å². The molecule has 0 aromatic carbocycles. The molecule has 110 valence electrons. The Balaban J connectivity index is 1.58. The number of halogens is 1. The van der Waals surface area contributed by atoms with Gasteiger partial charge in [0.25, 0.3) is 0 Å². The highest BCUT2D eigenvalue weighted by molar-refractivity contribution is 5.26. The maximum absolute atomic E-state index is 13.3. The molecule has 0 spiro atoms. The van der Waals surface area contributed by atoms with Crippen LogP contribution in [0.2, 0.25) is 0 Å². The van der Waals surface area contributed by atoms with E-state index in [0.717, 1.165) is 12.2 Å². The molecule has 4 heteroatoms. The second-order valence-corrected chi connectivity index (χ2v) is 6.09. The van der Waals surface area contributed by atoms with Gasteiger partial charge in [0.1, 0.15) is 5.82 Å². The molecule has 1 heterocycles. The zero-order chi connectivity index (χ0) is 13.8. The van der Waals surface area contributed by atoms with Crippen LogP contribution in [0.25, 0.3) is 0 Å². The first kappa shape index (κ1) is 13.8. The predicted molar refractivity (Wildman–Crippen MR) is 76.1 cm³/mol. The van der Waals surface area contributed by atoms with E-state index >= 15 is 0 Å². The molecular weight excluding hydrogens is 255 g/mol. The molecule has 0 unspecified atom stereocenters. The molecule has 3 rings (SSSR count). The summed E-state index contributed by atoms with van der Waals surface area (Å²) in [6, 6.07) is 2.14. The third kappa shape index (κ3) is 3.92. The Morgan fingerprint density at radius 2 is 2.00 bits per heavy atom. The number of rotatable bonds is 6. The van der Waals surface area contributed by atoms with Crippen LogP contribution in [0.15, 0.2) is 12.3 Å². The van der Waals surface area contributed by atoms with Crippen molar-refractivity contribution in [1.29, 1.82) is 0 Å². The zero-order valence-corrected chi connectivity index (χ0v) is 11.9. The Morgan fingerprint density at radius 3 is 2.75 bits per heavy atom. The Labute approximate surface area is 119 Å². The lowest BCUT2D eigenvalue weighted by Gasteiger charge is -2.22. The smallest absolute Gasteiger partial charge is 0.218 e. The lowest BCUT2D eigenvalue weighted by Crippen LogP contribution is -2.19. The molecule has 1 aromatic heterocycles. The molecule has 0 radical (unpaired) electrons. The normalized spacial score (nSPS) is 20.1. The molecule has 0 amide bonds. The fourth-order valence-corrected chi connectivity index (χ4v) is 2.82. The van der Waals surface area contributed by atoms with Gasteiger partial charge in [-0.1, -0.05) is 19.3 Å². The van der Waals surface area contributed by atoms with Gasteiger partial charge in [-0.05, 0) is 37.7 Å². The van der Waals surface area contributed by atoms with E-state index in [-0.39, 0.29) is 5.82 Å². The summed E-state index contributed by atoms with van der Waals surface area (Å²) in [6.07, 6.45) is 10.1. The number of pyridine rings is 1. The van der Waals surface area contributed by atoms with Crippen LogP contribution in [0.3, 0.4) is 0 Å². The fraction of sp³-hybridized carbons (Fsp3) is 0.688. The van der Waals surface area contributed by atoms with Gasteiger partial charge in [-0.15, -0.1) is 0 Å². The Bertz CT molecular complexity index is 442. The second kappa shape index (κ2) is 6.53. The van der Waals surface area contributed by atoms with Crippen molar-refractivity contribution in [2.45, 2.75) is 57.5 Å². The van der Waals surface area contributed by atoms with Gasteiger partial charge < -0.3 is 10.1 Å². The summed E-state index contributed by atoms with van der Waals surface area (Å²) in [5.41, 5.74) is 0.840. The molecule has 0 aliphatic heterocycles. The third-order valence-corrected chi connectivity index (χ3v) is 4.23. The van der Waals surface area contributed by atoms with Crippen molar-refractivity contribution < 1.29 is 9.13 Å². The van der Waals surface area contributed by atoms with E-state index in [1.54, 1.807) is 6.07 Å². The lowest BCUT2D eigenvalue weighted by atomic mass is 9.90. The number of hydrogen-bond acceptors (Lipinski definition) is 3. The van der Waals surface area contributed by atoms with Gasteiger partial charge in [-0.2, -0.15) is 0 Å². The van der Waals surface area contributed by atoms with E-state index in [4.69, 9.17) is 4.74 Å². The zero-order valence-electron chi connectivity index (χ0n) is 11.9. The number of hydrogen-bond donors (Lipinski definition) is 1. The van der Waals surface area contributed by atoms with Crippen molar-refractivity contribution in [3.8, 4) is 5.88 Å². The highest BCUT2D eigenvalue weighted by atomic mass is 19.1. The maximum Gasteiger partial charge on any atom is 0.218 e. The Hall–Kier alpha value is -1.16. The van der Waals surface area contributed by atoms with Gasteiger partial charge in [0.2, 0.25) is 5.88 Å². The molecular formula is C16H23FN2O. The lowest BCUT2D eigenvalue weighted by molar-refractivity contribution is 0.200. The van der Waals surface area contributed by atoms with Gasteiger partial charge in [0.15, 0.2) is 0 Å². The predicted octanol–water partition coefficient (Wildman–Crippen LogP) is 3.43. The van der Waals surface area contributed by atoms with Crippen molar-refractivity contribution in [1.82, 2.24) is 10.3 Å². The summed E-state index contributed by atoms with van der Waals surface area (Å²) in [6.45, 7) is 1.37. The first-order valence-corrected chi connectivity index (χ1v) is 7.82. The van der Waals surface area contributed by atoms with Crippen molar-refractivity contribution >= 4 is 0 Å². The van der Waals surface area contributed by atoms with E-state index in [1.807, 2.05) is 0 Å². The number of aromatic nitrogens is 1. The van der Waals surface area contributed by atoms with Gasteiger partial charge in [-0.25, -0.2) is 9.37 Å². The standard InChI is InChI=1S/C16H23FN2O/c17-14-8-13(9-18-15-6-7-15)16(19-10-14)20-11-12-4-2-1-3-5-12/h8,10,12,15,18H,1-7,9,11H2. The summed E-state index contributed by atoms with van der Waals surface area (Å²) >= 11 is 0. The molecule has 3 nitrogen and oxygen atoms in total. The molecule has 2 aliphatic carbocycles. The minimum absolute atomic E-state index is 0.289. The van der Waals surface area contributed by atoms with E-state index in [0.29, 0.717) is 24.4 Å². The minimum Gasteiger partial charge on any atom is -0.477 e. The number of nitrogens with one attached hydrogen (secondary N) is 1. The van der Waals surface area contributed by atoms with Crippen LogP contribution in [0, 0.1) is 11.7 Å². The van der Waals surface area contributed by atoms with Gasteiger partial charge in [0.05, 0.1) is 12.8 Å². The van der Waals surface area contributed by atoms with Gasteiger partial charge in [0, 0.05) is 18.2 Å². The van der Waals surface area contributed by atoms with Crippen LogP contribution >= 0.6 is 0 Å². The molecule has 0 saturated heterocycles. The van der Waals surface area contributed by atoms with Crippen LogP contribution in [-0.4, -0.2) is 17.6 Å². The molecule has 1 N–H and O–H groups in total. The third-order valence-electron chi connectivity index (χ3n) is 4.23. The fourth-order valence-electron chi connectivity index (χ4n) is 2.82. The molecule has 1 aromatic rings. The summed E-state index contributed by atoms with van der Waals surface area (Å²) in [7, 11) is 0. The van der Waals surface area contributed by atoms with Crippen LogP contribution in [0.5, 0.6) is 5.88 Å². The van der Waals surface area contributed by atoms with Gasteiger partial charge >= 0.3 is 0 Å². The molecule has 0 bridgehead atoms. The molecule has 2 saturated carbocycles. The highest BCUT2D eigenvalue weighted by Gasteiger charge is 2.21. The van der Waals surface area contributed by atoms with E-state index in [2.05, 4.69) is 10.3 Å². The van der Waals surface area contributed by atoms with Crippen molar-refractivity contribution in [3.63, 3.8) is 0 Å². The topological polar surface area (TPSA) is 34.1 Å². The van der Waals surface area contributed by atoms with E-state index in [9.17, 15) is 4.39 Å². The Morgan fingerprint density at radius 1 is 1.20 bits per heavy atom. The molecule has 2 fully saturated rings. The van der Waals surface area contributed by atoms with E-state index in [1.165, 1.54) is 51.1 Å². The van der Waals surface area contributed by atoms with Crippen molar-refractivity contribution in [2.75, 3.05) is 6.61 Å². The minimum atomic E-state index is -0.289. The number of ether oxygens (including phenoxy) is 1. The molecule has 2 aliphatic rings. The quantitative estimate of drug-likeness (QED) is 0.865. The van der Waals surface area contributed by atoms with Crippen LogP contribution < -0.4 is 10.1 Å². The summed E-state index contributed by atoms with van der Waals surface area (Å²) in [5.74, 6) is 0.951. The largest absolute Gasteiger partial charge is 0.477 e. The monoisotopic (exact) mass is 278 g/mol. The first-order chi connectivity index (χ1) is 9.81. The number of nitrogens with zero attached hydrogens (tertiary/aromatic N) is 1. The molecule has 20 heavy (non-hydrogen) atoms. The molecule has 0 atom stereocenters. The maximum atomic E-state index is 13.3. The van der Waals surface area contributed by atoms with Crippen LogP contribution in [0.4, 0.5) is 4.39 Å². The van der Waals surface area contributed by atoms with E-state index < -0.39 is 0 Å². The second-order valence-electron chi connectivity index (χ2n) is 6.09. The van der Waals surface area contributed by atoms with Crippen LogP contribution in [-0.2, 0) is 6.54 Å². The SMILES string of the molecule is Fc1cnc(OCC2CCCCC2)c(CNC2CC2)c1. The first-order valence-electron chi connectivity index (χ1n) is 7.82. The summed E-state index contributed by atoms with van der Waals surface area (Å²) < 4.78 is 19.2. The highest BCUT2D eigenvalue weighted by Crippen LogP contribution is 2.26.